The minimum Gasteiger partial charge on any atom is -0.367 e. The van der Waals surface area contributed by atoms with Crippen LogP contribution in [0.3, 0.4) is 0 Å². The minimum atomic E-state index is -4.49. The number of carbonyl (C=O) groups is 1. The molecule has 1 aromatic carbocycles. The fourth-order valence-corrected chi connectivity index (χ4v) is 2.15. The van der Waals surface area contributed by atoms with E-state index in [0.29, 0.717) is 0 Å². The van der Waals surface area contributed by atoms with Crippen molar-refractivity contribution in [1.82, 2.24) is 0 Å². The van der Waals surface area contributed by atoms with Gasteiger partial charge in [0.2, 0.25) is 0 Å². The van der Waals surface area contributed by atoms with Gasteiger partial charge in [0.05, 0.1) is 5.57 Å². The molecule has 0 aliphatic rings. The number of ketones is 1. The van der Waals surface area contributed by atoms with E-state index in [-0.39, 0.29) is 11.1 Å². The van der Waals surface area contributed by atoms with Crippen LogP contribution in [0, 0.1) is 11.3 Å². The van der Waals surface area contributed by atoms with Crippen molar-refractivity contribution in [2.24, 2.45) is 10.3 Å². The Hall–Kier alpha value is -2.46. The molecule has 0 aliphatic heterocycles. The van der Waals surface area contributed by atoms with E-state index in [0.717, 1.165) is 25.1 Å². The summed E-state index contributed by atoms with van der Waals surface area (Å²) >= 11 is 0. The topological polar surface area (TPSA) is 180 Å². The largest absolute Gasteiger partial charge is 0.380 e. The van der Waals surface area contributed by atoms with E-state index in [1.807, 2.05) is 0 Å². The lowest BCUT2D eigenvalue weighted by Crippen LogP contribution is -2.22. The van der Waals surface area contributed by atoms with Gasteiger partial charge in [0.1, 0.15) is 6.07 Å². The highest BCUT2D eigenvalue weighted by molar-refractivity contribution is 7.85. The predicted octanol–water partition coefficient (Wildman–Crippen LogP) is -0.653. The van der Waals surface area contributed by atoms with Gasteiger partial charge in [-0.2, -0.15) is 32.4 Å². The zero-order valence-electron chi connectivity index (χ0n) is 11.6. The molecule has 0 saturated carbocycles. The third-order valence-corrected chi connectivity index (χ3v) is 3.01. The second kappa shape index (κ2) is 6.75. The lowest BCUT2D eigenvalue weighted by Gasteiger charge is -2.10. The predicted molar refractivity (Wildman–Crippen MR) is 78.2 cm³/mol. The Balaban J connectivity index is 3.43. The Morgan fingerprint density at radius 3 is 2.09 bits per heavy atom. The summed E-state index contributed by atoms with van der Waals surface area (Å²) in [5.74, 6) is -1.65. The number of carbonyl (C=O) groups excluding carboxylic acids is 1. The number of hydrogen-bond donors (Lipinski definition) is 2. The van der Waals surface area contributed by atoms with Crippen LogP contribution in [-0.2, 0) is 25.4 Å². The molecule has 0 spiro atoms. The summed E-state index contributed by atoms with van der Waals surface area (Å²) in [5, 5.41) is 18.2. The highest BCUT2D eigenvalue weighted by atomic mass is 32.2. The quantitative estimate of drug-likeness (QED) is 0.495. The summed E-state index contributed by atoms with van der Waals surface area (Å²) in [5.41, 5.74) is -0.0520. The van der Waals surface area contributed by atoms with Gasteiger partial charge in [0.25, 0.3) is 0 Å². The molecule has 1 aromatic rings. The van der Waals surface area contributed by atoms with E-state index in [1.165, 1.54) is 6.07 Å². The highest BCUT2D eigenvalue weighted by Crippen LogP contribution is 2.30. The molecule has 12 heteroatoms. The smallest absolute Gasteiger partial charge is 0.367 e. The van der Waals surface area contributed by atoms with Gasteiger partial charge < -0.3 is 8.37 Å². The second-order valence-corrected chi connectivity index (χ2v) is 6.39. The number of benzene rings is 1. The monoisotopic (exact) mass is 361 g/mol. The Morgan fingerprint density at radius 1 is 1.13 bits per heavy atom. The van der Waals surface area contributed by atoms with E-state index in [2.05, 4.69) is 8.37 Å². The average Bonchev–Trinajstić information content (AvgIpc) is 2.35. The van der Waals surface area contributed by atoms with Crippen molar-refractivity contribution in [2.45, 2.75) is 6.92 Å². The minimum absolute atomic E-state index is 0.164. The molecular weight excluding hydrogens is 350 g/mol. The Kier molecular flexibility index (Phi) is 5.46. The molecule has 0 amide bonds. The molecule has 0 fully saturated rings. The molecule has 1 rings (SSSR count). The molecule has 0 saturated heterocycles. The van der Waals surface area contributed by atoms with E-state index in [4.69, 9.17) is 15.5 Å². The van der Waals surface area contributed by atoms with Crippen LogP contribution >= 0.6 is 0 Å². The van der Waals surface area contributed by atoms with Crippen LogP contribution < -0.4 is 18.6 Å². The van der Waals surface area contributed by atoms with Crippen LogP contribution in [0.2, 0.25) is 0 Å². The molecule has 0 bridgehead atoms. The first-order valence-electron chi connectivity index (χ1n) is 5.62. The first kappa shape index (κ1) is 18.6. The van der Waals surface area contributed by atoms with Crippen molar-refractivity contribution in [3.63, 3.8) is 0 Å². The maximum atomic E-state index is 11.2. The summed E-state index contributed by atoms with van der Waals surface area (Å²) in [7, 11) is -8.94. The third kappa shape index (κ3) is 6.45. The Morgan fingerprint density at radius 2 is 1.65 bits per heavy atom. The molecule has 0 aromatic heterocycles. The van der Waals surface area contributed by atoms with Crippen LogP contribution in [0.4, 0.5) is 0 Å². The van der Waals surface area contributed by atoms with Gasteiger partial charge in [-0.15, -0.1) is 0 Å². The van der Waals surface area contributed by atoms with Gasteiger partial charge in [0, 0.05) is 0 Å². The molecular formula is C11H11N3O7S2. The fraction of sp³-hybridized carbons (Fsp3) is 0.0909. The number of nitrogens with two attached hydrogens (primary N) is 2. The molecule has 0 atom stereocenters. The summed E-state index contributed by atoms with van der Waals surface area (Å²) in [6, 6.07) is 4.92. The molecule has 0 aliphatic carbocycles. The Labute approximate surface area is 132 Å². The number of nitriles is 1. The maximum Gasteiger partial charge on any atom is 0.380 e. The highest BCUT2D eigenvalue weighted by Gasteiger charge is 2.16. The van der Waals surface area contributed by atoms with E-state index >= 15 is 0 Å². The van der Waals surface area contributed by atoms with Gasteiger partial charge in [0.15, 0.2) is 17.3 Å². The van der Waals surface area contributed by atoms with Crippen molar-refractivity contribution in [3.05, 3.63) is 29.3 Å². The Bertz CT molecular complexity index is 911. The summed E-state index contributed by atoms with van der Waals surface area (Å²) in [4.78, 5) is 11.2. The normalized spacial score (nSPS) is 12.3. The first-order valence-corrected chi connectivity index (χ1v) is 8.57. The second-order valence-electron chi connectivity index (χ2n) is 4.08. The van der Waals surface area contributed by atoms with Gasteiger partial charge in [-0.05, 0) is 30.7 Å². The van der Waals surface area contributed by atoms with Crippen LogP contribution in [0.15, 0.2) is 23.8 Å². The molecule has 0 heterocycles. The SMILES string of the molecule is CC(=O)/C(C#N)=C/c1ccc(OS(N)(=O)=O)c(OS(N)(=O)=O)c1. The number of hydrogen-bond acceptors (Lipinski definition) is 8. The number of allylic oxidation sites excluding steroid dienone is 1. The molecule has 23 heavy (non-hydrogen) atoms. The molecule has 124 valence electrons. The standard InChI is InChI=1S/C11H11N3O7S2/c1-7(15)9(6-12)4-8-2-3-10(20-22(13,16)17)11(5-8)21-23(14,18)19/h2-5H,1H3,(H2,13,16,17)(H2,14,18,19)/b9-4+. The van der Waals surface area contributed by atoms with Gasteiger partial charge in [-0.1, -0.05) is 6.07 Å². The summed E-state index contributed by atoms with van der Waals surface area (Å²) < 4.78 is 52.7. The maximum absolute atomic E-state index is 11.2. The number of nitrogens with zero attached hydrogens (tertiary/aromatic N) is 1. The van der Waals surface area contributed by atoms with Crippen molar-refractivity contribution in [3.8, 4) is 17.6 Å². The van der Waals surface area contributed by atoms with Crippen molar-refractivity contribution >= 4 is 32.5 Å². The zero-order valence-corrected chi connectivity index (χ0v) is 13.2. The number of rotatable bonds is 6. The van der Waals surface area contributed by atoms with Crippen LogP contribution in [-0.4, -0.2) is 22.6 Å². The van der Waals surface area contributed by atoms with Crippen LogP contribution in [0.25, 0.3) is 6.08 Å². The van der Waals surface area contributed by atoms with Crippen molar-refractivity contribution < 1.29 is 30.0 Å². The number of Topliss-reactive ketones (excluding diaryl/α,β-unsaturated/α-hetero) is 1. The first-order chi connectivity index (χ1) is 10.4. The molecule has 0 unspecified atom stereocenters. The van der Waals surface area contributed by atoms with Gasteiger partial charge >= 0.3 is 20.6 Å². The van der Waals surface area contributed by atoms with Crippen molar-refractivity contribution in [1.29, 1.82) is 5.26 Å². The van der Waals surface area contributed by atoms with Crippen LogP contribution in [0.1, 0.15) is 12.5 Å². The van der Waals surface area contributed by atoms with Gasteiger partial charge in [-0.3, -0.25) is 4.79 Å². The van der Waals surface area contributed by atoms with E-state index < -0.39 is 37.9 Å². The van der Waals surface area contributed by atoms with E-state index in [1.54, 1.807) is 6.07 Å². The molecule has 4 N–H and O–H groups in total. The lowest BCUT2D eigenvalue weighted by atomic mass is 10.1. The summed E-state index contributed by atoms with van der Waals surface area (Å²) in [6.07, 6.45) is 1.14. The fourth-order valence-electron chi connectivity index (χ4n) is 1.38. The third-order valence-electron chi connectivity index (χ3n) is 2.19. The van der Waals surface area contributed by atoms with Gasteiger partial charge in [-0.25, -0.2) is 0 Å². The molecule has 0 radical (unpaired) electrons. The van der Waals surface area contributed by atoms with Crippen LogP contribution in [0.5, 0.6) is 11.5 Å². The molecule has 10 nitrogen and oxygen atoms in total. The zero-order chi connectivity index (χ0) is 17.8. The average molecular weight is 361 g/mol. The van der Waals surface area contributed by atoms with Crippen molar-refractivity contribution in [2.75, 3.05) is 0 Å². The summed E-state index contributed by atoms with van der Waals surface area (Å²) in [6.45, 7) is 1.16. The van der Waals surface area contributed by atoms with E-state index in [9.17, 15) is 21.6 Å². The lowest BCUT2D eigenvalue weighted by molar-refractivity contribution is -0.113.